The summed E-state index contributed by atoms with van der Waals surface area (Å²) in [5.74, 6) is -1.69. The van der Waals surface area contributed by atoms with Gasteiger partial charge < -0.3 is 25.0 Å². The first kappa shape index (κ1) is 27.7. The van der Waals surface area contributed by atoms with E-state index in [2.05, 4.69) is 15.4 Å². The number of rotatable bonds is 9. The van der Waals surface area contributed by atoms with Crippen molar-refractivity contribution in [2.75, 3.05) is 20.2 Å². The van der Waals surface area contributed by atoms with Gasteiger partial charge in [-0.1, -0.05) is 60.7 Å². The lowest BCUT2D eigenvalue weighted by atomic mass is 9.83. The van der Waals surface area contributed by atoms with Crippen molar-refractivity contribution in [3.05, 3.63) is 71.8 Å². The Kier molecular flexibility index (Phi) is 9.27. The minimum Gasteiger partial charge on any atom is -0.469 e. The monoisotopic (exact) mass is 509 g/mol. The highest BCUT2D eigenvalue weighted by atomic mass is 16.6. The minimum atomic E-state index is -1.02. The average molecular weight is 510 g/mol. The van der Waals surface area contributed by atoms with Crippen LogP contribution in [-0.2, 0) is 23.9 Å². The zero-order valence-electron chi connectivity index (χ0n) is 21.7. The maximum Gasteiger partial charge on any atom is 0.408 e. The molecular weight excluding hydrogens is 474 g/mol. The van der Waals surface area contributed by atoms with Crippen LogP contribution in [0.3, 0.4) is 0 Å². The average Bonchev–Trinajstić information content (AvgIpc) is 2.83. The lowest BCUT2D eigenvalue weighted by molar-refractivity contribution is -0.149. The van der Waals surface area contributed by atoms with E-state index in [-0.39, 0.29) is 24.8 Å². The molecular formula is C28H35N3O6. The van der Waals surface area contributed by atoms with Gasteiger partial charge in [-0.25, -0.2) is 4.79 Å². The molecule has 2 aromatic carbocycles. The van der Waals surface area contributed by atoms with Gasteiger partial charge in [0.15, 0.2) is 0 Å². The smallest absolute Gasteiger partial charge is 0.408 e. The molecule has 9 nitrogen and oxygen atoms in total. The predicted molar refractivity (Wildman–Crippen MR) is 138 cm³/mol. The summed E-state index contributed by atoms with van der Waals surface area (Å²) in [6.07, 6.45) is -0.200. The van der Waals surface area contributed by atoms with Crippen LogP contribution in [0.25, 0.3) is 0 Å². The molecule has 1 saturated heterocycles. The third kappa shape index (κ3) is 7.55. The largest absolute Gasteiger partial charge is 0.469 e. The van der Waals surface area contributed by atoms with Gasteiger partial charge in [0.2, 0.25) is 11.8 Å². The van der Waals surface area contributed by atoms with Crippen LogP contribution in [0.2, 0.25) is 0 Å². The highest BCUT2D eigenvalue weighted by molar-refractivity contribution is 5.93. The number of carbonyl (C=O) groups is 4. The van der Waals surface area contributed by atoms with Crippen molar-refractivity contribution >= 4 is 23.9 Å². The van der Waals surface area contributed by atoms with E-state index >= 15 is 0 Å². The van der Waals surface area contributed by atoms with Gasteiger partial charge >= 0.3 is 12.1 Å². The number of ether oxygens (including phenoxy) is 2. The Labute approximate surface area is 217 Å². The third-order valence-electron chi connectivity index (χ3n) is 6.05. The van der Waals surface area contributed by atoms with Crippen LogP contribution < -0.4 is 10.6 Å². The standard InChI is InChI=1S/C28H35N3O6/c1-28(2,3)37-27(35)30-24(23(19-11-7-5-8-12-19)20-13-9-6-10-14-20)26(34)31-18-16-21(31)25(33)29-17-15-22(32)36-4/h5-14,21,23-24H,15-18H2,1-4H3,(H,29,33)(H,30,35)/t21-,24+/m0/s1. The lowest BCUT2D eigenvalue weighted by Crippen LogP contribution is -2.63. The van der Waals surface area contributed by atoms with E-state index in [1.807, 2.05) is 60.7 Å². The second-order valence-electron chi connectivity index (χ2n) is 9.88. The Morgan fingerprint density at radius 2 is 1.54 bits per heavy atom. The van der Waals surface area contributed by atoms with Crippen molar-refractivity contribution in [2.24, 2.45) is 0 Å². The molecule has 9 heteroatoms. The summed E-state index contributed by atoms with van der Waals surface area (Å²) < 4.78 is 10.1. The van der Waals surface area contributed by atoms with Gasteiger partial charge in [-0.3, -0.25) is 14.4 Å². The van der Waals surface area contributed by atoms with Crippen molar-refractivity contribution < 1.29 is 28.7 Å². The Morgan fingerprint density at radius 1 is 0.973 bits per heavy atom. The number of esters is 1. The number of hydrogen-bond donors (Lipinski definition) is 2. The molecule has 2 aromatic rings. The third-order valence-corrected chi connectivity index (χ3v) is 6.05. The van der Waals surface area contributed by atoms with Crippen LogP contribution in [0.4, 0.5) is 4.79 Å². The van der Waals surface area contributed by atoms with Gasteiger partial charge in [0.1, 0.15) is 17.7 Å². The number of carbonyl (C=O) groups excluding carboxylic acids is 4. The van der Waals surface area contributed by atoms with Crippen molar-refractivity contribution in [2.45, 2.75) is 57.2 Å². The normalized spacial score (nSPS) is 15.8. The van der Waals surface area contributed by atoms with Crippen molar-refractivity contribution in [1.82, 2.24) is 15.5 Å². The maximum atomic E-state index is 14.0. The van der Waals surface area contributed by atoms with Crippen LogP contribution in [0.1, 0.15) is 50.7 Å². The van der Waals surface area contributed by atoms with Gasteiger partial charge in [0.05, 0.1) is 13.5 Å². The molecule has 3 amide bonds. The Balaban J connectivity index is 1.89. The summed E-state index contributed by atoms with van der Waals surface area (Å²) in [6, 6.07) is 17.2. The highest BCUT2D eigenvalue weighted by Crippen LogP contribution is 2.31. The van der Waals surface area contributed by atoms with Gasteiger partial charge in [-0.05, 0) is 38.3 Å². The summed E-state index contributed by atoms with van der Waals surface area (Å²) >= 11 is 0. The molecule has 1 heterocycles. The number of likely N-dealkylation sites (tertiary alicyclic amines) is 1. The molecule has 198 valence electrons. The van der Waals surface area contributed by atoms with Crippen molar-refractivity contribution in [3.8, 4) is 0 Å². The number of nitrogens with one attached hydrogen (secondary N) is 2. The zero-order valence-corrected chi connectivity index (χ0v) is 21.7. The molecule has 0 spiro atoms. The fourth-order valence-corrected chi connectivity index (χ4v) is 4.23. The number of benzene rings is 2. The van der Waals surface area contributed by atoms with Gasteiger partial charge in [0, 0.05) is 19.0 Å². The molecule has 0 unspecified atom stereocenters. The van der Waals surface area contributed by atoms with E-state index in [1.54, 1.807) is 20.8 Å². The van der Waals surface area contributed by atoms with Gasteiger partial charge in [-0.2, -0.15) is 0 Å². The molecule has 0 aliphatic carbocycles. The van der Waals surface area contributed by atoms with E-state index < -0.39 is 35.7 Å². The zero-order chi connectivity index (χ0) is 27.0. The van der Waals surface area contributed by atoms with Crippen LogP contribution in [0, 0.1) is 0 Å². The van der Waals surface area contributed by atoms with E-state index in [1.165, 1.54) is 12.0 Å². The first-order valence-electron chi connectivity index (χ1n) is 12.3. The summed E-state index contributed by atoms with van der Waals surface area (Å²) in [5, 5.41) is 5.49. The minimum absolute atomic E-state index is 0.0375. The fraction of sp³-hybridized carbons (Fsp3) is 0.429. The maximum absolute atomic E-state index is 14.0. The van der Waals surface area contributed by atoms with E-state index in [9.17, 15) is 19.2 Å². The van der Waals surface area contributed by atoms with E-state index in [0.717, 1.165) is 11.1 Å². The van der Waals surface area contributed by atoms with E-state index in [0.29, 0.717) is 13.0 Å². The summed E-state index contributed by atoms with van der Waals surface area (Å²) in [5.41, 5.74) is 0.913. The summed E-state index contributed by atoms with van der Waals surface area (Å²) in [6.45, 7) is 5.73. The Bertz CT molecular complexity index is 1040. The predicted octanol–water partition coefficient (Wildman–Crippen LogP) is 2.99. The topological polar surface area (TPSA) is 114 Å². The summed E-state index contributed by atoms with van der Waals surface area (Å²) in [4.78, 5) is 52.5. The second kappa shape index (κ2) is 12.4. The molecule has 0 radical (unpaired) electrons. The molecule has 0 saturated carbocycles. The van der Waals surface area contributed by atoms with Gasteiger partial charge in [-0.15, -0.1) is 0 Å². The fourth-order valence-electron chi connectivity index (χ4n) is 4.23. The number of amides is 3. The molecule has 0 aromatic heterocycles. The van der Waals surface area contributed by atoms with Crippen LogP contribution >= 0.6 is 0 Å². The highest BCUT2D eigenvalue weighted by Gasteiger charge is 2.44. The lowest BCUT2D eigenvalue weighted by Gasteiger charge is -2.43. The SMILES string of the molecule is COC(=O)CCNC(=O)[C@@H]1CCN1C(=O)[C@H](NC(=O)OC(C)(C)C)C(c1ccccc1)c1ccccc1. The molecule has 3 rings (SSSR count). The van der Waals surface area contributed by atoms with Crippen molar-refractivity contribution in [1.29, 1.82) is 0 Å². The molecule has 1 aliphatic heterocycles. The number of nitrogens with zero attached hydrogens (tertiary/aromatic N) is 1. The molecule has 0 bridgehead atoms. The molecule has 2 atom stereocenters. The summed E-state index contributed by atoms with van der Waals surface area (Å²) in [7, 11) is 1.28. The quantitative estimate of drug-likeness (QED) is 0.503. The molecule has 1 aliphatic rings. The second-order valence-corrected chi connectivity index (χ2v) is 9.88. The first-order valence-corrected chi connectivity index (χ1v) is 12.3. The Morgan fingerprint density at radius 3 is 2.00 bits per heavy atom. The molecule has 1 fully saturated rings. The number of hydrogen-bond acceptors (Lipinski definition) is 6. The van der Waals surface area contributed by atoms with Gasteiger partial charge in [0.25, 0.3) is 0 Å². The number of alkyl carbamates (subject to hydrolysis) is 1. The van der Waals surface area contributed by atoms with Crippen molar-refractivity contribution in [3.63, 3.8) is 0 Å². The van der Waals surface area contributed by atoms with Crippen LogP contribution in [0.15, 0.2) is 60.7 Å². The van der Waals surface area contributed by atoms with Crippen LogP contribution in [0.5, 0.6) is 0 Å². The molecule has 2 N–H and O–H groups in total. The first-order chi connectivity index (χ1) is 17.6. The molecule has 37 heavy (non-hydrogen) atoms. The van der Waals surface area contributed by atoms with Crippen LogP contribution in [-0.4, -0.2) is 66.7 Å². The van der Waals surface area contributed by atoms with E-state index in [4.69, 9.17) is 4.74 Å². The Hall–Kier alpha value is -3.88. The number of methoxy groups -OCH3 is 1.